The molecule has 1 amide bonds. The first-order chi connectivity index (χ1) is 18.5. The number of rotatable bonds is 12. The molecule has 0 spiro atoms. The van der Waals surface area contributed by atoms with Crippen molar-refractivity contribution in [2.24, 2.45) is 0 Å². The fraction of sp³-hybridized carbons (Fsp3) is 0.407. The minimum Gasteiger partial charge on any atom is -0.493 e. The van der Waals surface area contributed by atoms with E-state index in [1.54, 1.807) is 25.6 Å². The van der Waals surface area contributed by atoms with E-state index in [2.05, 4.69) is 37.1 Å². The highest BCUT2D eigenvalue weighted by Crippen LogP contribution is 2.32. The second-order valence-electron chi connectivity index (χ2n) is 9.16. The number of hydrogen-bond acceptors (Lipinski definition) is 9. The van der Waals surface area contributed by atoms with Crippen LogP contribution in [0.4, 0.5) is 16.3 Å². The summed E-state index contributed by atoms with van der Waals surface area (Å²) in [6.07, 6.45) is 6.05. The number of aromatic nitrogens is 3. The maximum Gasteiger partial charge on any atom is 0.413 e. The van der Waals surface area contributed by atoms with E-state index in [0.717, 1.165) is 50.4 Å². The highest BCUT2D eigenvalue weighted by molar-refractivity contribution is 5.84. The molecule has 2 aromatic heterocycles. The van der Waals surface area contributed by atoms with E-state index < -0.39 is 12.1 Å². The maximum atomic E-state index is 12.1. The van der Waals surface area contributed by atoms with Crippen molar-refractivity contribution in [1.29, 1.82) is 0 Å². The minimum absolute atomic E-state index is 0.102. The number of nitrogens with one attached hydrogen (secondary N) is 1. The fourth-order valence-corrected chi connectivity index (χ4v) is 4.33. The summed E-state index contributed by atoms with van der Waals surface area (Å²) in [5.41, 5.74) is 1.59. The first-order valence-corrected chi connectivity index (χ1v) is 12.7. The van der Waals surface area contributed by atoms with Crippen LogP contribution in [-0.4, -0.2) is 96.0 Å². The molecule has 3 heterocycles. The number of likely N-dealkylation sites (N-methyl/N-ethyl adjacent to an activating group) is 1. The van der Waals surface area contributed by atoms with Gasteiger partial charge in [0.1, 0.15) is 12.1 Å². The first-order valence-electron chi connectivity index (χ1n) is 12.7. The third-order valence-electron chi connectivity index (χ3n) is 6.50. The molecule has 1 aliphatic heterocycles. The van der Waals surface area contributed by atoms with Crippen molar-refractivity contribution in [3.8, 4) is 11.5 Å². The van der Waals surface area contributed by atoms with Crippen LogP contribution in [0.2, 0.25) is 0 Å². The number of benzene rings is 1. The average Bonchev–Trinajstić information content (AvgIpc) is 2.95. The van der Waals surface area contributed by atoms with Gasteiger partial charge in [0.15, 0.2) is 11.5 Å². The van der Waals surface area contributed by atoms with E-state index in [4.69, 9.17) is 9.47 Å². The van der Waals surface area contributed by atoms with Crippen LogP contribution >= 0.6 is 0 Å². The van der Waals surface area contributed by atoms with Gasteiger partial charge in [0, 0.05) is 63.1 Å². The Bertz CT molecular complexity index is 1140. The molecule has 0 bridgehead atoms. The fourth-order valence-electron chi connectivity index (χ4n) is 4.33. The minimum atomic E-state index is -1.11. The van der Waals surface area contributed by atoms with Gasteiger partial charge in [-0.3, -0.25) is 9.88 Å². The molecule has 11 nitrogen and oxygen atoms in total. The smallest absolute Gasteiger partial charge is 0.413 e. The van der Waals surface area contributed by atoms with Crippen LogP contribution in [0.25, 0.3) is 0 Å². The van der Waals surface area contributed by atoms with Crippen molar-refractivity contribution in [2.45, 2.75) is 12.5 Å². The predicted molar refractivity (Wildman–Crippen MR) is 145 cm³/mol. The molecule has 1 aromatic carbocycles. The number of anilines is 2. The number of ether oxygens (including phenoxy) is 2. The summed E-state index contributed by atoms with van der Waals surface area (Å²) >= 11 is 0. The Balaban J connectivity index is 1.42. The Hall–Kier alpha value is -3.96. The van der Waals surface area contributed by atoms with Crippen LogP contribution in [0.5, 0.6) is 11.5 Å². The van der Waals surface area contributed by atoms with Crippen LogP contribution in [0.1, 0.15) is 18.0 Å². The van der Waals surface area contributed by atoms with Crippen molar-refractivity contribution < 1.29 is 19.4 Å². The highest BCUT2D eigenvalue weighted by Gasteiger charge is 2.23. The van der Waals surface area contributed by atoms with Crippen molar-refractivity contribution in [1.82, 2.24) is 24.8 Å². The van der Waals surface area contributed by atoms with E-state index in [1.807, 2.05) is 30.3 Å². The molecular weight excluding hydrogens is 486 g/mol. The number of nitrogens with zero attached hydrogens (tertiary/aromatic N) is 6. The molecule has 11 heteroatoms. The van der Waals surface area contributed by atoms with Crippen molar-refractivity contribution in [3.05, 3.63) is 66.9 Å². The normalized spacial score (nSPS) is 15.0. The first kappa shape index (κ1) is 27.1. The van der Waals surface area contributed by atoms with Crippen LogP contribution < -0.4 is 19.7 Å². The number of pyridine rings is 1. The molecule has 2 N–H and O–H groups in total. The van der Waals surface area contributed by atoms with Gasteiger partial charge in [0.25, 0.3) is 0 Å². The Morgan fingerprint density at radius 3 is 2.66 bits per heavy atom. The molecule has 0 radical (unpaired) electrons. The zero-order chi connectivity index (χ0) is 26.7. The van der Waals surface area contributed by atoms with Gasteiger partial charge >= 0.3 is 6.09 Å². The van der Waals surface area contributed by atoms with Crippen molar-refractivity contribution >= 4 is 17.6 Å². The van der Waals surface area contributed by atoms with Gasteiger partial charge < -0.3 is 29.7 Å². The summed E-state index contributed by atoms with van der Waals surface area (Å²) in [5, 5.41) is 13.3. The van der Waals surface area contributed by atoms with Crippen molar-refractivity contribution in [2.75, 3.05) is 70.2 Å². The van der Waals surface area contributed by atoms with Gasteiger partial charge in [-0.25, -0.2) is 14.8 Å². The van der Waals surface area contributed by atoms with E-state index in [1.165, 1.54) is 17.4 Å². The molecule has 1 fully saturated rings. The van der Waals surface area contributed by atoms with Crippen LogP contribution in [0.3, 0.4) is 0 Å². The summed E-state index contributed by atoms with van der Waals surface area (Å²) in [5.74, 6) is 1.56. The third kappa shape index (κ3) is 7.53. The van der Waals surface area contributed by atoms with E-state index in [-0.39, 0.29) is 6.54 Å². The van der Waals surface area contributed by atoms with Gasteiger partial charge in [0.05, 0.1) is 26.3 Å². The number of hydrogen-bond donors (Lipinski definition) is 2. The van der Waals surface area contributed by atoms with Crippen LogP contribution in [0, 0.1) is 0 Å². The zero-order valence-corrected chi connectivity index (χ0v) is 21.9. The second kappa shape index (κ2) is 13.5. The number of piperazine rings is 1. The molecule has 1 atom stereocenters. The zero-order valence-electron chi connectivity index (χ0n) is 21.9. The number of amides is 1. The molecule has 0 saturated carbocycles. The summed E-state index contributed by atoms with van der Waals surface area (Å²) in [6.45, 7) is 6.10. The monoisotopic (exact) mass is 521 g/mol. The van der Waals surface area contributed by atoms with Gasteiger partial charge in [-0.05, 0) is 43.3 Å². The Morgan fingerprint density at radius 2 is 1.97 bits per heavy atom. The summed E-state index contributed by atoms with van der Waals surface area (Å²) in [6, 6.07) is 10.5. The molecule has 1 aliphatic rings. The molecular formula is C27H35N7O4. The number of carbonyl (C=O) groups is 1. The second-order valence-corrected chi connectivity index (χ2v) is 9.16. The Morgan fingerprint density at radius 1 is 1.13 bits per heavy atom. The number of methoxy groups -OCH3 is 1. The van der Waals surface area contributed by atoms with E-state index in [0.29, 0.717) is 23.9 Å². The molecule has 3 aromatic rings. The van der Waals surface area contributed by atoms with Gasteiger partial charge in [-0.2, -0.15) is 0 Å². The maximum absolute atomic E-state index is 12.1. The summed E-state index contributed by atoms with van der Waals surface area (Å²) in [7, 11) is 3.76. The number of carboxylic acid groups (broad SMARTS) is 1. The van der Waals surface area contributed by atoms with Gasteiger partial charge in [-0.15, -0.1) is 0 Å². The van der Waals surface area contributed by atoms with Crippen molar-refractivity contribution in [3.63, 3.8) is 0 Å². The largest absolute Gasteiger partial charge is 0.493 e. The Labute approximate surface area is 223 Å². The molecule has 4 rings (SSSR count). The standard InChI is InChI=1S/C27H35N7O4/c1-32-12-14-33(15-13-32)11-4-16-38-24-7-6-22(17-25(24)37-2)31-23(21-5-3-9-28-18-21)19-34(27(35)36)26-8-10-29-20-30-26/h3,5-10,17-18,20,23,31H,4,11-16,19H2,1-2H3,(H,35,36). The average molecular weight is 522 g/mol. The summed E-state index contributed by atoms with van der Waals surface area (Å²) in [4.78, 5) is 30.3. The lowest BCUT2D eigenvalue weighted by molar-refractivity contribution is 0.145. The topological polar surface area (TPSA) is 116 Å². The molecule has 1 unspecified atom stereocenters. The lowest BCUT2D eigenvalue weighted by Gasteiger charge is -2.32. The lowest BCUT2D eigenvalue weighted by atomic mass is 10.1. The quantitative estimate of drug-likeness (QED) is 0.344. The molecule has 0 aliphatic carbocycles. The molecule has 202 valence electrons. The summed E-state index contributed by atoms with van der Waals surface area (Å²) < 4.78 is 11.6. The van der Waals surface area contributed by atoms with Gasteiger partial charge in [-0.1, -0.05) is 6.07 Å². The molecule has 38 heavy (non-hydrogen) atoms. The van der Waals surface area contributed by atoms with E-state index >= 15 is 0 Å². The van der Waals surface area contributed by atoms with E-state index in [9.17, 15) is 9.90 Å². The van der Waals surface area contributed by atoms with Crippen LogP contribution in [-0.2, 0) is 0 Å². The highest BCUT2D eigenvalue weighted by atomic mass is 16.5. The predicted octanol–water partition coefficient (Wildman–Crippen LogP) is 3.23. The molecule has 1 saturated heterocycles. The van der Waals surface area contributed by atoms with Gasteiger partial charge in [0.2, 0.25) is 0 Å². The lowest BCUT2D eigenvalue weighted by Crippen LogP contribution is -2.44. The van der Waals surface area contributed by atoms with Crippen LogP contribution in [0.15, 0.2) is 61.3 Å². The third-order valence-corrected chi connectivity index (χ3v) is 6.50. The Kier molecular flexibility index (Phi) is 9.65. The SMILES string of the molecule is COc1cc(NC(CN(C(=O)O)c2ccncn2)c2cccnc2)ccc1OCCCN1CCN(C)CC1.